The van der Waals surface area contributed by atoms with Gasteiger partial charge in [-0.05, 0) is 19.9 Å². The standard InChI is InChI=1S/C11H12F3N3/c1-6(2)17-5-7(11(12,13)14)9-8(15)3-4-16-10(9)17/h3-6H,1-2H3,(H2,15,16). The number of pyridine rings is 1. The molecule has 0 aliphatic carbocycles. The van der Waals surface area contributed by atoms with Gasteiger partial charge in [0, 0.05) is 24.1 Å². The van der Waals surface area contributed by atoms with Gasteiger partial charge in [0.05, 0.1) is 10.9 Å². The average molecular weight is 243 g/mol. The van der Waals surface area contributed by atoms with Crippen LogP contribution < -0.4 is 5.73 Å². The molecule has 0 aromatic carbocycles. The quantitative estimate of drug-likeness (QED) is 0.835. The topological polar surface area (TPSA) is 43.8 Å². The van der Waals surface area contributed by atoms with E-state index in [0.717, 1.165) is 6.20 Å². The van der Waals surface area contributed by atoms with Gasteiger partial charge in [0.1, 0.15) is 5.65 Å². The summed E-state index contributed by atoms with van der Waals surface area (Å²) in [7, 11) is 0. The Morgan fingerprint density at radius 2 is 2.00 bits per heavy atom. The first-order valence-corrected chi connectivity index (χ1v) is 5.14. The van der Waals surface area contributed by atoms with Gasteiger partial charge in [-0.25, -0.2) is 4.98 Å². The van der Waals surface area contributed by atoms with Crippen LogP contribution in [0.5, 0.6) is 0 Å². The molecule has 3 nitrogen and oxygen atoms in total. The highest BCUT2D eigenvalue weighted by molar-refractivity contribution is 5.92. The normalized spacial score (nSPS) is 12.6. The first kappa shape index (κ1) is 11.8. The molecule has 0 saturated heterocycles. The Labute approximate surface area is 96.0 Å². The molecule has 2 N–H and O–H groups in total. The first-order chi connectivity index (χ1) is 7.82. The summed E-state index contributed by atoms with van der Waals surface area (Å²) < 4.78 is 40.1. The van der Waals surface area contributed by atoms with Crippen LogP contribution in [0.25, 0.3) is 11.0 Å². The fourth-order valence-corrected chi connectivity index (χ4v) is 1.81. The van der Waals surface area contributed by atoms with E-state index in [1.54, 1.807) is 13.8 Å². The summed E-state index contributed by atoms with van der Waals surface area (Å²) in [5.74, 6) is 0. The second kappa shape index (κ2) is 3.65. The lowest BCUT2D eigenvalue weighted by Crippen LogP contribution is -2.05. The van der Waals surface area contributed by atoms with E-state index in [2.05, 4.69) is 4.98 Å². The molecule has 2 heterocycles. The number of aromatic nitrogens is 2. The molecule has 0 atom stereocenters. The summed E-state index contributed by atoms with van der Waals surface area (Å²) in [5, 5.41) is -0.0197. The van der Waals surface area contributed by atoms with E-state index in [1.165, 1.54) is 16.8 Å². The van der Waals surface area contributed by atoms with Gasteiger partial charge in [-0.2, -0.15) is 13.2 Å². The Hall–Kier alpha value is -1.72. The molecule has 2 aromatic heterocycles. The van der Waals surface area contributed by atoms with Crippen molar-refractivity contribution in [3.8, 4) is 0 Å². The largest absolute Gasteiger partial charge is 0.418 e. The smallest absolute Gasteiger partial charge is 0.398 e. The molecule has 0 saturated carbocycles. The molecule has 6 heteroatoms. The van der Waals surface area contributed by atoms with Crippen LogP contribution in [0.3, 0.4) is 0 Å². The fraction of sp³-hybridized carbons (Fsp3) is 0.364. The third-order valence-electron chi connectivity index (χ3n) is 2.61. The molecule has 0 amide bonds. The minimum Gasteiger partial charge on any atom is -0.398 e. The number of alkyl halides is 3. The van der Waals surface area contributed by atoms with Gasteiger partial charge in [-0.3, -0.25) is 0 Å². The van der Waals surface area contributed by atoms with Crippen molar-refractivity contribution in [3.63, 3.8) is 0 Å². The zero-order valence-electron chi connectivity index (χ0n) is 9.42. The van der Waals surface area contributed by atoms with Gasteiger partial charge < -0.3 is 10.3 Å². The van der Waals surface area contributed by atoms with Crippen LogP contribution in [0.2, 0.25) is 0 Å². The van der Waals surface area contributed by atoms with Crippen LogP contribution in [0.4, 0.5) is 18.9 Å². The van der Waals surface area contributed by atoms with Gasteiger partial charge in [0.2, 0.25) is 0 Å². The highest BCUT2D eigenvalue weighted by atomic mass is 19.4. The summed E-state index contributed by atoms with van der Waals surface area (Å²) in [6.45, 7) is 3.59. The maximum absolute atomic E-state index is 12.9. The number of nitrogen functional groups attached to an aromatic ring is 1. The van der Waals surface area contributed by atoms with Crippen molar-refractivity contribution in [3.05, 3.63) is 24.0 Å². The Balaban J connectivity index is 2.86. The molecule has 0 bridgehead atoms. The zero-order valence-corrected chi connectivity index (χ0v) is 9.42. The number of fused-ring (bicyclic) bond motifs is 1. The van der Waals surface area contributed by atoms with E-state index >= 15 is 0 Å². The maximum Gasteiger partial charge on any atom is 0.418 e. The van der Waals surface area contributed by atoms with E-state index in [9.17, 15) is 13.2 Å². The Kier molecular flexibility index (Phi) is 2.52. The number of hydrogen-bond acceptors (Lipinski definition) is 2. The van der Waals surface area contributed by atoms with Crippen LogP contribution >= 0.6 is 0 Å². The van der Waals surface area contributed by atoms with Crippen LogP contribution in [0, 0.1) is 0 Å². The molecule has 0 fully saturated rings. The molecule has 0 aliphatic heterocycles. The van der Waals surface area contributed by atoms with E-state index in [-0.39, 0.29) is 22.8 Å². The fourth-order valence-electron chi connectivity index (χ4n) is 1.81. The van der Waals surface area contributed by atoms with E-state index in [4.69, 9.17) is 5.73 Å². The van der Waals surface area contributed by atoms with Gasteiger partial charge in [0.15, 0.2) is 0 Å². The van der Waals surface area contributed by atoms with E-state index in [0.29, 0.717) is 0 Å². The highest BCUT2D eigenvalue weighted by Gasteiger charge is 2.36. The third kappa shape index (κ3) is 1.83. The number of nitrogens with zero attached hydrogens (tertiary/aromatic N) is 2. The Morgan fingerprint density at radius 3 is 2.53 bits per heavy atom. The second-order valence-electron chi connectivity index (χ2n) is 4.14. The van der Waals surface area contributed by atoms with Crippen molar-refractivity contribution in [2.75, 3.05) is 5.73 Å². The minimum atomic E-state index is -4.42. The van der Waals surface area contributed by atoms with Crippen molar-refractivity contribution in [2.24, 2.45) is 0 Å². The monoisotopic (exact) mass is 243 g/mol. The second-order valence-corrected chi connectivity index (χ2v) is 4.14. The van der Waals surface area contributed by atoms with Crippen molar-refractivity contribution in [1.29, 1.82) is 0 Å². The van der Waals surface area contributed by atoms with Gasteiger partial charge in [-0.1, -0.05) is 0 Å². The zero-order chi connectivity index (χ0) is 12.8. The van der Waals surface area contributed by atoms with Crippen molar-refractivity contribution < 1.29 is 13.2 Å². The van der Waals surface area contributed by atoms with Crippen LogP contribution in [0.1, 0.15) is 25.5 Å². The molecular formula is C11H12F3N3. The minimum absolute atomic E-state index is 0.0197. The predicted octanol–water partition coefficient (Wildman–Crippen LogP) is 3.22. The van der Waals surface area contributed by atoms with E-state index in [1.807, 2.05) is 0 Å². The SMILES string of the molecule is CC(C)n1cc(C(F)(F)F)c2c(N)ccnc21. The number of hydrogen-bond donors (Lipinski definition) is 1. The molecule has 92 valence electrons. The molecule has 0 radical (unpaired) electrons. The molecule has 17 heavy (non-hydrogen) atoms. The lowest BCUT2D eigenvalue weighted by molar-refractivity contribution is -0.136. The average Bonchev–Trinajstić information content (AvgIpc) is 2.57. The lowest BCUT2D eigenvalue weighted by atomic mass is 10.2. The number of rotatable bonds is 1. The first-order valence-electron chi connectivity index (χ1n) is 5.14. The molecule has 2 aromatic rings. The van der Waals surface area contributed by atoms with Gasteiger partial charge >= 0.3 is 6.18 Å². The molecule has 0 spiro atoms. The van der Waals surface area contributed by atoms with Crippen LogP contribution in [-0.2, 0) is 6.18 Å². The number of anilines is 1. The van der Waals surface area contributed by atoms with Crippen molar-refractivity contribution >= 4 is 16.7 Å². The molecular weight excluding hydrogens is 231 g/mol. The summed E-state index contributed by atoms with van der Waals surface area (Å²) >= 11 is 0. The van der Waals surface area contributed by atoms with Gasteiger partial charge in [-0.15, -0.1) is 0 Å². The van der Waals surface area contributed by atoms with Crippen LogP contribution in [-0.4, -0.2) is 9.55 Å². The predicted molar refractivity (Wildman–Crippen MR) is 59.5 cm³/mol. The van der Waals surface area contributed by atoms with Crippen molar-refractivity contribution in [1.82, 2.24) is 9.55 Å². The lowest BCUT2D eigenvalue weighted by Gasteiger charge is -2.07. The maximum atomic E-state index is 12.9. The number of halogens is 3. The van der Waals surface area contributed by atoms with E-state index < -0.39 is 11.7 Å². The molecule has 0 aliphatic rings. The van der Waals surface area contributed by atoms with Gasteiger partial charge in [0.25, 0.3) is 0 Å². The summed E-state index contributed by atoms with van der Waals surface area (Å²) in [6, 6.07) is 1.27. The van der Waals surface area contributed by atoms with Crippen molar-refractivity contribution in [2.45, 2.75) is 26.1 Å². The molecule has 2 rings (SSSR count). The third-order valence-corrected chi connectivity index (χ3v) is 2.61. The molecule has 0 unspecified atom stereocenters. The summed E-state index contributed by atoms with van der Waals surface area (Å²) in [4.78, 5) is 3.98. The highest BCUT2D eigenvalue weighted by Crippen LogP contribution is 2.38. The number of nitrogens with two attached hydrogens (primary N) is 1. The van der Waals surface area contributed by atoms with Crippen LogP contribution in [0.15, 0.2) is 18.5 Å². The summed E-state index contributed by atoms with van der Waals surface area (Å²) in [5.41, 5.74) is 5.25. The Bertz CT molecular complexity index is 555. The summed E-state index contributed by atoms with van der Waals surface area (Å²) in [6.07, 6.45) is -1.94. The Morgan fingerprint density at radius 1 is 1.35 bits per heavy atom.